The van der Waals surface area contributed by atoms with Crippen LogP contribution < -0.4 is 0 Å². The number of unbranched alkanes of at least 4 members (excludes halogenated alkanes) is 2. The van der Waals surface area contributed by atoms with Gasteiger partial charge in [-0.2, -0.15) is 0 Å². The van der Waals surface area contributed by atoms with Gasteiger partial charge in [-0.05, 0) is 32.5 Å². The molecule has 106 valence electrons. The summed E-state index contributed by atoms with van der Waals surface area (Å²) >= 11 is 0. The molecule has 1 saturated heterocycles. The molecule has 0 aliphatic carbocycles. The van der Waals surface area contributed by atoms with Crippen molar-refractivity contribution < 1.29 is 9.90 Å². The predicted octanol–water partition coefficient (Wildman–Crippen LogP) is 1.91. The van der Waals surface area contributed by atoms with Crippen molar-refractivity contribution in [1.82, 2.24) is 9.80 Å². The van der Waals surface area contributed by atoms with Gasteiger partial charge in [-0.15, -0.1) is 0 Å². The number of hydrogen-bond donors (Lipinski definition) is 1. The second-order valence-electron chi connectivity index (χ2n) is 5.44. The molecule has 1 unspecified atom stereocenters. The van der Waals surface area contributed by atoms with Crippen molar-refractivity contribution in [2.45, 2.75) is 39.5 Å². The van der Waals surface area contributed by atoms with E-state index in [2.05, 4.69) is 16.7 Å². The zero-order valence-electron chi connectivity index (χ0n) is 11.9. The molecule has 0 amide bonds. The van der Waals surface area contributed by atoms with Gasteiger partial charge >= 0.3 is 5.97 Å². The molecule has 0 aromatic carbocycles. The first-order chi connectivity index (χ1) is 8.63. The molecule has 18 heavy (non-hydrogen) atoms. The molecule has 1 atom stereocenters. The van der Waals surface area contributed by atoms with Gasteiger partial charge in [0.05, 0.1) is 5.92 Å². The Bertz CT molecular complexity index is 246. The molecule has 0 radical (unpaired) electrons. The highest BCUT2D eigenvalue weighted by molar-refractivity contribution is 5.69. The average Bonchev–Trinajstić information content (AvgIpc) is 2.55. The van der Waals surface area contributed by atoms with E-state index in [0.717, 1.165) is 19.6 Å². The van der Waals surface area contributed by atoms with Crippen LogP contribution in [0.2, 0.25) is 0 Å². The fourth-order valence-electron chi connectivity index (χ4n) is 2.48. The molecule has 1 aliphatic rings. The fourth-order valence-corrected chi connectivity index (χ4v) is 2.48. The highest BCUT2D eigenvalue weighted by atomic mass is 16.4. The number of nitrogens with zero attached hydrogens (tertiary/aromatic N) is 2. The minimum Gasteiger partial charge on any atom is -0.481 e. The number of aliphatic carboxylic acids is 1. The Morgan fingerprint density at radius 1 is 1.17 bits per heavy atom. The van der Waals surface area contributed by atoms with E-state index in [1.807, 2.05) is 0 Å². The third kappa shape index (κ3) is 5.83. The van der Waals surface area contributed by atoms with Crippen LogP contribution in [0.15, 0.2) is 0 Å². The summed E-state index contributed by atoms with van der Waals surface area (Å²) in [6.45, 7) is 10.3. The smallest absolute Gasteiger partial charge is 0.307 e. The topological polar surface area (TPSA) is 43.8 Å². The Morgan fingerprint density at radius 2 is 1.83 bits per heavy atom. The van der Waals surface area contributed by atoms with Gasteiger partial charge in [0.1, 0.15) is 0 Å². The molecule has 0 aromatic heterocycles. The third-order valence-corrected chi connectivity index (χ3v) is 3.71. The number of carboxylic acid groups (broad SMARTS) is 1. The minimum absolute atomic E-state index is 0.253. The minimum atomic E-state index is -0.681. The zero-order chi connectivity index (χ0) is 13.4. The molecule has 4 nitrogen and oxygen atoms in total. The van der Waals surface area contributed by atoms with Gasteiger partial charge in [0.25, 0.3) is 0 Å². The Hall–Kier alpha value is -0.610. The molecular formula is C14H28N2O2. The van der Waals surface area contributed by atoms with E-state index in [9.17, 15) is 4.79 Å². The molecule has 1 N–H and O–H groups in total. The third-order valence-electron chi connectivity index (χ3n) is 3.71. The summed E-state index contributed by atoms with van der Waals surface area (Å²) in [5.41, 5.74) is 0. The number of carboxylic acids is 1. The fraction of sp³-hybridized carbons (Fsp3) is 0.929. The SMILES string of the molecule is CCCCCN1CCCN(CC(C)C(=O)O)CC1. The van der Waals surface area contributed by atoms with Crippen molar-refractivity contribution in [2.75, 3.05) is 39.3 Å². The predicted molar refractivity (Wildman–Crippen MR) is 73.8 cm³/mol. The van der Waals surface area contributed by atoms with Gasteiger partial charge in [-0.25, -0.2) is 0 Å². The first-order valence-electron chi connectivity index (χ1n) is 7.31. The molecule has 1 rings (SSSR count). The molecule has 0 aromatic rings. The van der Waals surface area contributed by atoms with E-state index in [0.29, 0.717) is 6.54 Å². The highest BCUT2D eigenvalue weighted by Crippen LogP contribution is 2.08. The van der Waals surface area contributed by atoms with Crippen molar-refractivity contribution >= 4 is 5.97 Å². The van der Waals surface area contributed by atoms with Gasteiger partial charge in [0.2, 0.25) is 0 Å². The number of hydrogen-bond acceptors (Lipinski definition) is 3. The Morgan fingerprint density at radius 3 is 2.50 bits per heavy atom. The van der Waals surface area contributed by atoms with Crippen molar-refractivity contribution in [3.8, 4) is 0 Å². The summed E-state index contributed by atoms with van der Waals surface area (Å²) in [6.07, 6.45) is 5.05. The first kappa shape index (κ1) is 15.4. The van der Waals surface area contributed by atoms with Crippen LogP contribution in [-0.4, -0.2) is 60.1 Å². The zero-order valence-corrected chi connectivity index (χ0v) is 11.9. The Balaban J connectivity index is 2.25. The number of rotatable bonds is 7. The van der Waals surface area contributed by atoms with Crippen LogP contribution in [0.5, 0.6) is 0 Å². The van der Waals surface area contributed by atoms with Crippen LogP contribution in [0.4, 0.5) is 0 Å². The summed E-state index contributed by atoms with van der Waals surface area (Å²) in [7, 11) is 0. The monoisotopic (exact) mass is 256 g/mol. The lowest BCUT2D eigenvalue weighted by Crippen LogP contribution is -2.35. The molecule has 1 heterocycles. The normalized spacial score (nSPS) is 20.6. The van der Waals surface area contributed by atoms with E-state index >= 15 is 0 Å². The van der Waals surface area contributed by atoms with Crippen molar-refractivity contribution in [2.24, 2.45) is 5.92 Å². The van der Waals surface area contributed by atoms with Gasteiger partial charge in [-0.1, -0.05) is 26.7 Å². The van der Waals surface area contributed by atoms with Gasteiger partial charge in [-0.3, -0.25) is 4.79 Å². The molecule has 0 saturated carbocycles. The van der Waals surface area contributed by atoms with E-state index in [1.165, 1.54) is 38.8 Å². The maximum atomic E-state index is 10.9. The van der Waals surface area contributed by atoms with E-state index in [-0.39, 0.29) is 5.92 Å². The lowest BCUT2D eigenvalue weighted by molar-refractivity contribution is -0.141. The molecule has 0 spiro atoms. The summed E-state index contributed by atoms with van der Waals surface area (Å²) in [5.74, 6) is -0.935. The Labute approximate surface area is 111 Å². The van der Waals surface area contributed by atoms with Crippen LogP contribution in [0.1, 0.15) is 39.5 Å². The number of carbonyl (C=O) groups is 1. The van der Waals surface area contributed by atoms with E-state index < -0.39 is 5.97 Å². The summed E-state index contributed by atoms with van der Waals surface area (Å²) in [5, 5.41) is 8.94. The maximum Gasteiger partial charge on any atom is 0.307 e. The second-order valence-corrected chi connectivity index (χ2v) is 5.44. The lowest BCUT2D eigenvalue weighted by Gasteiger charge is -2.23. The quantitative estimate of drug-likeness (QED) is 0.707. The van der Waals surface area contributed by atoms with Crippen molar-refractivity contribution in [1.29, 1.82) is 0 Å². The van der Waals surface area contributed by atoms with Crippen LogP contribution in [0.3, 0.4) is 0 Å². The second kappa shape index (κ2) is 8.48. The summed E-state index contributed by atoms with van der Waals surface area (Å²) in [6, 6.07) is 0. The van der Waals surface area contributed by atoms with E-state index in [1.54, 1.807) is 6.92 Å². The molecular weight excluding hydrogens is 228 g/mol. The van der Waals surface area contributed by atoms with Crippen molar-refractivity contribution in [3.05, 3.63) is 0 Å². The molecule has 1 fully saturated rings. The maximum absolute atomic E-state index is 10.9. The molecule has 1 aliphatic heterocycles. The van der Waals surface area contributed by atoms with Crippen LogP contribution in [-0.2, 0) is 4.79 Å². The van der Waals surface area contributed by atoms with Crippen LogP contribution in [0, 0.1) is 5.92 Å². The Kier molecular flexibility index (Phi) is 7.28. The first-order valence-corrected chi connectivity index (χ1v) is 7.31. The largest absolute Gasteiger partial charge is 0.481 e. The van der Waals surface area contributed by atoms with Gasteiger partial charge in [0.15, 0.2) is 0 Å². The average molecular weight is 256 g/mol. The van der Waals surface area contributed by atoms with Crippen LogP contribution in [0.25, 0.3) is 0 Å². The standard InChI is InChI=1S/C14H28N2O2/c1-3-4-5-7-15-8-6-9-16(11-10-15)12-13(2)14(17)18/h13H,3-12H2,1-2H3,(H,17,18). The molecule has 0 bridgehead atoms. The van der Waals surface area contributed by atoms with Crippen molar-refractivity contribution in [3.63, 3.8) is 0 Å². The van der Waals surface area contributed by atoms with Crippen LogP contribution >= 0.6 is 0 Å². The van der Waals surface area contributed by atoms with E-state index in [4.69, 9.17) is 5.11 Å². The van der Waals surface area contributed by atoms with Gasteiger partial charge in [0, 0.05) is 19.6 Å². The highest BCUT2D eigenvalue weighted by Gasteiger charge is 2.19. The van der Waals surface area contributed by atoms with Gasteiger partial charge < -0.3 is 14.9 Å². The summed E-state index contributed by atoms with van der Waals surface area (Å²) in [4.78, 5) is 15.7. The molecule has 4 heteroatoms. The lowest BCUT2D eigenvalue weighted by atomic mass is 10.1. The summed E-state index contributed by atoms with van der Waals surface area (Å²) < 4.78 is 0.